The number of fused-ring (bicyclic) bond motifs is 1. The van der Waals surface area contributed by atoms with E-state index in [9.17, 15) is 8.60 Å². The highest BCUT2D eigenvalue weighted by Crippen LogP contribution is 2.31. The van der Waals surface area contributed by atoms with Gasteiger partial charge in [-0.1, -0.05) is 12.1 Å². The maximum Gasteiger partial charge on any atom is 0.139 e. The van der Waals surface area contributed by atoms with Crippen molar-refractivity contribution in [2.24, 2.45) is 0 Å². The summed E-state index contributed by atoms with van der Waals surface area (Å²) in [6, 6.07) is 7.02. The van der Waals surface area contributed by atoms with Gasteiger partial charge in [-0.25, -0.2) is 9.37 Å². The molecule has 0 unspecified atom stereocenters. The molecule has 5 nitrogen and oxygen atoms in total. The van der Waals surface area contributed by atoms with E-state index in [0.717, 1.165) is 43.2 Å². The van der Waals surface area contributed by atoms with Gasteiger partial charge < -0.3 is 15.1 Å². The summed E-state index contributed by atoms with van der Waals surface area (Å²) in [7, 11) is -0.745. The molecule has 0 amide bonds. The highest BCUT2D eigenvalue weighted by Gasteiger charge is 2.22. The molecule has 0 radical (unpaired) electrons. The molecule has 2 saturated heterocycles. The molecule has 2 aliphatic heterocycles. The van der Waals surface area contributed by atoms with Gasteiger partial charge in [0.05, 0.1) is 0 Å². The fourth-order valence-corrected chi connectivity index (χ4v) is 4.41. The lowest BCUT2D eigenvalue weighted by Crippen LogP contribution is -2.44. The molecule has 4 rings (SSSR count). The minimum absolute atomic E-state index is 0.215. The van der Waals surface area contributed by atoms with E-state index in [4.69, 9.17) is 4.98 Å². The summed E-state index contributed by atoms with van der Waals surface area (Å²) < 4.78 is 26.1. The molecule has 2 aliphatic rings. The third-order valence-corrected chi connectivity index (χ3v) is 5.98. The summed E-state index contributed by atoms with van der Waals surface area (Å²) in [6.45, 7) is 4.98. The quantitative estimate of drug-likeness (QED) is 0.888. The Labute approximate surface area is 143 Å². The van der Waals surface area contributed by atoms with E-state index in [1.54, 1.807) is 6.07 Å². The van der Waals surface area contributed by atoms with Gasteiger partial charge in [0.2, 0.25) is 0 Å². The Kier molecular flexibility index (Phi) is 4.37. The molecule has 0 bridgehead atoms. The first-order chi connectivity index (χ1) is 11.7. The second-order valence-corrected chi connectivity index (χ2v) is 7.91. The van der Waals surface area contributed by atoms with Crippen LogP contribution < -0.4 is 15.1 Å². The topological polar surface area (TPSA) is 48.5 Å². The van der Waals surface area contributed by atoms with Gasteiger partial charge in [0.15, 0.2) is 0 Å². The van der Waals surface area contributed by atoms with Crippen molar-refractivity contribution in [1.29, 1.82) is 0 Å². The molecule has 0 saturated carbocycles. The third kappa shape index (κ3) is 2.98. The average molecular weight is 348 g/mol. The lowest BCUT2D eigenvalue weighted by molar-refractivity contribution is 0.584. The first-order valence-electron chi connectivity index (χ1n) is 8.37. The fraction of sp³-hybridized carbons (Fsp3) is 0.471. The van der Waals surface area contributed by atoms with Gasteiger partial charge in [-0.05, 0) is 12.1 Å². The van der Waals surface area contributed by atoms with Gasteiger partial charge >= 0.3 is 0 Å². The zero-order valence-corrected chi connectivity index (χ0v) is 14.3. The van der Waals surface area contributed by atoms with Crippen molar-refractivity contribution in [3.8, 4) is 0 Å². The normalized spacial score (nSPS) is 19.9. The van der Waals surface area contributed by atoms with Crippen LogP contribution in [0.25, 0.3) is 10.8 Å². The minimum atomic E-state index is -0.745. The van der Waals surface area contributed by atoms with Crippen LogP contribution in [0, 0.1) is 5.82 Å². The summed E-state index contributed by atoms with van der Waals surface area (Å²) in [4.78, 5) is 9.22. The van der Waals surface area contributed by atoms with Crippen molar-refractivity contribution in [2.75, 3.05) is 60.6 Å². The predicted molar refractivity (Wildman–Crippen MR) is 96.9 cm³/mol. The number of pyridine rings is 1. The van der Waals surface area contributed by atoms with E-state index in [0.29, 0.717) is 30.0 Å². The first-order valence-corrected chi connectivity index (χ1v) is 9.86. The van der Waals surface area contributed by atoms with Crippen LogP contribution in [-0.2, 0) is 10.8 Å². The Morgan fingerprint density at radius 2 is 1.79 bits per heavy atom. The van der Waals surface area contributed by atoms with Crippen LogP contribution in [0.1, 0.15) is 0 Å². The summed E-state index contributed by atoms with van der Waals surface area (Å²) in [5.41, 5.74) is 0. The molecule has 7 heteroatoms. The second-order valence-electron chi connectivity index (χ2n) is 6.21. The average Bonchev–Trinajstić information content (AvgIpc) is 2.63. The molecule has 2 aromatic rings. The second kappa shape index (κ2) is 6.64. The Morgan fingerprint density at radius 3 is 2.54 bits per heavy atom. The standard InChI is InChI=1S/C17H21FN4OS/c18-15-3-1-2-13-14(15)12-16(21-6-4-19-5-7-21)20-17(13)22-8-10-24(23)11-9-22/h1-3,12,19H,4-11H2. The molecule has 3 heterocycles. The zero-order valence-electron chi connectivity index (χ0n) is 13.5. The van der Waals surface area contributed by atoms with E-state index in [1.807, 2.05) is 12.1 Å². The number of rotatable bonds is 2. The van der Waals surface area contributed by atoms with Crippen LogP contribution in [0.3, 0.4) is 0 Å². The van der Waals surface area contributed by atoms with Crippen molar-refractivity contribution in [3.63, 3.8) is 0 Å². The molecule has 0 spiro atoms. The van der Waals surface area contributed by atoms with Gasteiger partial charge in [-0.2, -0.15) is 0 Å². The fourth-order valence-electron chi connectivity index (χ4n) is 3.36. The smallest absolute Gasteiger partial charge is 0.139 e. The summed E-state index contributed by atoms with van der Waals surface area (Å²) in [5, 5.41) is 4.78. The van der Waals surface area contributed by atoms with E-state index < -0.39 is 10.8 Å². The lowest BCUT2D eigenvalue weighted by Gasteiger charge is -2.32. The molecule has 1 N–H and O–H groups in total. The van der Waals surface area contributed by atoms with Gasteiger partial charge in [0.25, 0.3) is 0 Å². The van der Waals surface area contributed by atoms with Crippen molar-refractivity contribution in [3.05, 3.63) is 30.1 Å². The highest BCUT2D eigenvalue weighted by molar-refractivity contribution is 7.85. The number of nitrogens with zero attached hydrogens (tertiary/aromatic N) is 3. The molecular formula is C17H21FN4OS. The summed E-state index contributed by atoms with van der Waals surface area (Å²) in [5.74, 6) is 2.73. The number of hydrogen-bond donors (Lipinski definition) is 1. The van der Waals surface area contributed by atoms with E-state index in [-0.39, 0.29) is 5.82 Å². The number of benzene rings is 1. The molecule has 0 aliphatic carbocycles. The van der Waals surface area contributed by atoms with Crippen molar-refractivity contribution in [2.45, 2.75) is 0 Å². The van der Waals surface area contributed by atoms with Crippen LogP contribution in [0.5, 0.6) is 0 Å². The number of hydrogen-bond acceptors (Lipinski definition) is 5. The molecule has 24 heavy (non-hydrogen) atoms. The van der Waals surface area contributed by atoms with Crippen molar-refractivity contribution in [1.82, 2.24) is 10.3 Å². The largest absolute Gasteiger partial charge is 0.354 e. The monoisotopic (exact) mass is 348 g/mol. The molecule has 1 aromatic heterocycles. The third-order valence-electron chi connectivity index (χ3n) is 4.71. The van der Waals surface area contributed by atoms with Crippen LogP contribution in [0.15, 0.2) is 24.3 Å². The van der Waals surface area contributed by atoms with Gasteiger partial charge in [0.1, 0.15) is 17.5 Å². The van der Waals surface area contributed by atoms with Crippen LogP contribution >= 0.6 is 0 Å². The van der Waals surface area contributed by atoms with Crippen molar-refractivity contribution < 1.29 is 8.60 Å². The summed E-state index contributed by atoms with van der Waals surface area (Å²) in [6.07, 6.45) is 0. The Hall–Kier alpha value is -1.73. The Bertz CT molecular complexity index is 769. The number of piperazine rings is 1. The number of anilines is 2. The molecule has 128 valence electrons. The molecule has 1 aromatic carbocycles. The highest BCUT2D eigenvalue weighted by atomic mass is 32.2. The molecular weight excluding hydrogens is 327 g/mol. The van der Waals surface area contributed by atoms with Gasteiger partial charge in [-0.3, -0.25) is 4.21 Å². The summed E-state index contributed by atoms with van der Waals surface area (Å²) >= 11 is 0. The Balaban J connectivity index is 1.80. The Morgan fingerprint density at radius 1 is 1.04 bits per heavy atom. The van der Waals surface area contributed by atoms with Gasteiger partial charge in [0, 0.05) is 72.3 Å². The minimum Gasteiger partial charge on any atom is -0.354 e. The predicted octanol–water partition coefficient (Wildman–Crippen LogP) is 1.35. The van der Waals surface area contributed by atoms with Gasteiger partial charge in [-0.15, -0.1) is 0 Å². The van der Waals surface area contributed by atoms with E-state index in [2.05, 4.69) is 15.1 Å². The van der Waals surface area contributed by atoms with E-state index >= 15 is 0 Å². The van der Waals surface area contributed by atoms with Crippen LogP contribution in [-0.4, -0.2) is 60.0 Å². The first kappa shape index (κ1) is 15.8. The SMILES string of the molecule is O=S1CCN(c2nc(N3CCNCC3)cc3c(F)cccc23)CC1. The lowest BCUT2D eigenvalue weighted by atomic mass is 10.1. The van der Waals surface area contributed by atoms with Crippen molar-refractivity contribution >= 4 is 33.2 Å². The number of halogens is 1. The van der Waals surface area contributed by atoms with Crippen LogP contribution in [0.4, 0.5) is 16.0 Å². The zero-order chi connectivity index (χ0) is 16.5. The number of aromatic nitrogens is 1. The maximum atomic E-state index is 14.4. The number of nitrogens with one attached hydrogen (secondary N) is 1. The maximum absolute atomic E-state index is 14.4. The molecule has 0 atom stereocenters. The van der Waals surface area contributed by atoms with Crippen LogP contribution in [0.2, 0.25) is 0 Å². The van der Waals surface area contributed by atoms with E-state index in [1.165, 1.54) is 6.07 Å². The molecule has 2 fully saturated rings.